The number of amides is 1. The molecule has 166 valence electrons. The maximum absolute atomic E-state index is 13.3. The Hall–Kier alpha value is -3.46. The molecule has 1 fully saturated rings. The van der Waals surface area contributed by atoms with Gasteiger partial charge in [0.25, 0.3) is 11.6 Å². The van der Waals surface area contributed by atoms with E-state index in [2.05, 4.69) is 5.10 Å². The molecule has 0 unspecified atom stereocenters. The van der Waals surface area contributed by atoms with Crippen molar-refractivity contribution in [3.05, 3.63) is 80.9 Å². The number of carbonyl (C=O) groups is 1. The third-order valence-corrected chi connectivity index (χ3v) is 5.78. The number of nitrogens with zero attached hydrogens (tertiary/aromatic N) is 5. The monoisotopic (exact) mass is 457 g/mol. The van der Waals surface area contributed by atoms with Crippen molar-refractivity contribution in [2.24, 2.45) is 0 Å². The first-order chi connectivity index (χ1) is 15.4. The highest BCUT2D eigenvalue weighted by Crippen LogP contribution is 2.32. The molecule has 1 aromatic heterocycles. The van der Waals surface area contributed by atoms with Crippen molar-refractivity contribution in [3.63, 3.8) is 0 Å². The van der Waals surface area contributed by atoms with E-state index in [1.165, 1.54) is 18.2 Å². The van der Waals surface area contributed by atoms with E-state index < -0.39 is 4.92 Å². The Balaban J connectivity index is 1.51. The van der Waals surface area contributed by atoms with Gasteiger partial charge in [-0.15, -0.1) is 0 Å². The Morgan fingerprint density at radius 1 is 1.16 bits per heavy atom. The number of nitro benzene ring substituents is 1. The summed E-state index contributed by atoms with van der Waals surface area (Å²) in [7, 11) is 0. The smallest absolute Gasteiger partial charge is 0.294 e. The van der Waals surface area contributed by atoms with Crippen LogP contribution in [-0.4, -0.2) is 51.7 Å². The van der Waals surface area contributed by atoms with Crippen LogP contribution in [0.15, 0.2) is 48.7 Å². The van der Waals surface area contributed by atoms with Crippen LogP contribution >= 0.6 is 11.6 Å². The normalized spacial score (nSPS) is 14.0. The average molecular weight is 458 g/mol. The molecule has 2 heterocycles. The minimum Gasteiger partial charge on any atom is -0.362 e. The molecule has 0 N–H and O–H groups in total. The molecule has 0 spiro atoms. The molecule has 1 aliphatic heterocycles. The van der Waals surface area contributed by atoms with Crippen LogP contribution in [0.5, 0.6) is 0 Å². The molecule has 1 saturated heterocycles. The molecule has 0 aliphatic carbocycles. The number of hydrogen-bond acceptors (Lipinski definition) is 5. The number of halogens is 2. The Labute approximate surface area is 189 Å². The number of aromatic nitrogens is 2. The van der Waals surface area contributed by atoms with Crippen LogP contribution in [0.1, 0.15) is 23.0 Å². The summed E-state index contributed by atoms with van der Waals surface area (Å²) in [5.74, 6) is -0.477. The van der Waals surface area contributed by atoms with Crippen molar-refractivity contribution in [3.8, 4) is 5.69 Å². The average Bonchev–Trinajstić information content (AvgIpc) is 3.23. The zero-order valence-corrected chi connectivity index (χ0v) is 18.1. The van der Waals surface area contributed by atoms with Crippen LogP contribution in [0.2, 0.25) is 5.02 Å². The minimum atomic E-state index is -0.448. The van der Waals surface area contributed by atoms with Crippen LogP contribution in [0.25, 0.3) is 5.69 Å². The summed E-state index contributed by atoms with van der Waals surface area (Å²) in [6, 6.07) is 10.5. The lowest BCUT2D eigenvalue weighted by Crippen LogP contribution is -2.49. The third-order valence-electron chi connectivity index (χ3n) is 5.55. The first-order valence-electron chi connectivity index (χ1n) is 10.2. The predicted molar refractivity (Wildman–Crippen MR) is 119 cm³/mol. The first-order valence-corrected chi connectivity index (χ1v) is 10.6. The lowest BCUT2D eigenvalue weighted by atomic mass is 10.1. The van der Waals surface area contributed by atoms with Crippen LogP contribution in [-0.2, 0) is 6.42 Å². The molecule has 0 saturated carbocycles. The van der Waals surface area contributed by atoms with Gasteiger partial charge < -0.3 is 9.80 Å². The number of hydrogen-bond donors (Lipinski definition) is 0. The molecule has 8 nitrogen and oxygen atoms in total. The maximum Gasteiger partial charge on any atom is 0.294 e. The molecule has 3 aromatic rings. The summed E-state index contributed by atoms with van der Waals surface area (Å²) < 4.78 is 14.9. The van der Waals surface area contributed by atoms with Gasteiger partial charge in [-0.2, -0.15) is 5.10 Å². The predicted octanol–water partition coefficient (Wildman–Crippen LogP) is 4.10. The summed E-state index contributed by atoms with van der Waals surface area (Å²) in [6.07, 6.45) is 2.12. The lowest BCUT2D eigenvalue weighted by molar-refractivity contribution is -0.384. The van der Waals surface area contributed by atoms with Crippen molar-refractivity contribution in [2.75, 3.05) is 31.1 Å². The molecule has 1 aliphatic rings. The fourth-order valence-electron chi connectivity index (χ4n) is 3.93. The zero-order chi connectivity index (χ0) is 22.8. The van der Waals surface area contributed by atoms with Crippen molar-refractivity contribution in [1.82, 2.24) is 14.7 Å². The number of rotatable bonds is 5. The minimum absolute atomic E-state index is 0.0499. The third kappa shape index (κ3) is 4.16. The Bertz CT molecular complexity index is 1160. The van der Waals surface area contributed by atoms with Crippen LogP contribution in [0.4, 0.5) is 15.8 Å². The standard InChI is InChI=1S/C22H21ClFN5O3/c1-2-19-18(14-25-28(19)17-6-4-16(24)5-7-17)22(30)27-11-9-26(10-12-27)20-8-3-15(23)13-21(20)29(31)32/h3-8,13-14H,2,9-12H2,1H3. The van der Waals surface area contributed by atoms with Gasteiger partial charge >= 0.3 is 0 Å². The van der Waals surface area contributed by atoms with E-state index in [-0.39, 0.29) is 17.4 Å². The molecule has 0 bridgehead atoms. The van der Waals surface area contributed by atoms with E-state index in [1.54, 1.807) is 40.0 Å². The number of anilines is 1. The quantitative estimate of drug-likeness (QED) is 0.425. The fourth-order valence-corrected chi connectivity index (χ4v) is 4.09. The van der Waals surface area contributed by atoms with Gasteiger partial charge in [0.05, 0.1) is 28.1 Å². The van der Waals surface area contributed by atoms with E-state index >= 15 is 0 Å². The first kappa shape index (κ1) is 21.8. The largest absolute Gasteiger partial charge is 0.362 e. The topological polar surface area (TPSA) is 84.5 Å². The van der Waals surface area contributed by atoms with Crippen molar-refractivity contribution >= 4 is 28.9 Å². The van der Waals surface area contributed by atoms with Gasteiger partial charge in [0.1, 0.15) is 11.5 Å². The Morgan fingerprint density at radius 2 is 1.84 bits per heavy atom. The maximum atomic E-state index is 13.3. The molecule has 10 heteroatoms. The van der Waals surface area contributed by atoms with Crippen molar-refractivity contribution in [1.29, 1.82) is 0 Å². The molecule has 0 atom stereocenters. The summed E-state index contributed by atoms with van der Waals surface area (Å²) in [5, 5.41) is 16.1. The van der Waals surface area contributed by atoms with Gasteiger partial charge in [-0.1, -0.05) is 18.5 Å². The number of carbonyl (C=O) groups excluding carboxylic acids is 1. The SMILES string of the molecule is CCc1c(C(=O)N2CCN(c3ccc(Cl)cc3[N+](=O)[O-])CC2)cnn1-c1ccc(F)cc1. The zero-order valence-electron chi connectivity index (χ0n) is 17.4. The van der Waals surface area contributed by atoms with Crippen LogP contribution in [0.3, 0.4) is 0 Å². The summed E-state index contributed by atoms with van der Waals surface area (Å²) >= 11 is 5.91. The van der Waals surface area contributed by atoms with Gasteiger partial charge in [0.15, 0.2) is 0 Å². The number of benzene rings is 2. The highest BCUT2D eigenvalue weighted by Gasteiger charge is 2.28. The van der Waals surface area contributed by atoms with Crippen LogP contribution < -0.4 is 4.90 Å². The Morgan fingerprint density at radius 3 is 2.47 bits per heavy atom. The fraction of sp³-hybridized carbons (Fsp3) is 0.273. The molecule has 4 rings (SSSR count). The highest BCUT2D eigenvalue weighted by molar-refractivity contribution is 6.30. The summed E-state index contributed by atoms with van der Waals surface area (Å²) in [4.78, 5) is 27.8. The highest BCUT2D eigenvalue weighted by atomic mass is 35.5. The molecular formula is C22H21ClFN5O3. The van der Waals surface area contributed by atoms with Gasteiger partial charge in [0, 0.05) is 37.3 Å². The second-order valence-electron chi connectivity index (χ2n) is 7.42. The summed E-state index contributed by atoms with van der Waals surface area (Å²) in [5.41, 5.74) is 2.37. The second kappa shape index (κ2) is 8.96. The van der Waals surface area contributed by atoms with Crippen molar-refractivity contribution < 1.29 is 14.1 Å². The van der Waals surface area contributed by atoms with Gasteiger partial charge in [0.2, 0.25) is 0 Å². The van der Waals surface area contributed by atoms with Crippen LogP contribution in [0, 0.1) is 15.9 Å². The molecule has 32 heavy (non-hydrogen) atoms. The van der Waals surface area contributed by atoms with Crippen molar-refractivity contribution in [2.45, 2.75) is 13.3 Å². The molecular weight excluding hydrogens is 437 g/mol. The van der Waals surface area contributed by atoms with E-state index in [0.717, 1.165) is 5.69 Å². The number of piperazine rings is 1. The molecule has 0 radical (unpaired) electrons. The van der Waals surface area contributed by atoms with E-state index in [9.17, 15) is 19.3 Å². The van der Waals surface area contributed by atoms with Gasteiger partial charge in [-0.25, -0.2) is 9.07 Å². The Kier molecular flexibility index (Phi) is 6.09. The van der Waals surface area contributed by atoms with Gasteiger partial charge in [-0.3, -0.25) is 14.9 Å². The second-order valence-corrected chi connectivity index (χ2v) is 7.85. The van der Waals surface area contributed by atoms with E-state index in [0.29, 0.717) is 54.6 Å². The lowest BCUT2D eigenvalue weighted by Gasteiger charge is -2.35. The summed E-state index contributed by atoms with van der Waals surface area (Å²) in [6.45, 7) is 3.70. The van der Waals surface area contributed by atoms with Gasteiger partial charge in [-0.05, 0) is 42.8 Å². The number of nitro groups is 1. The molecule has 1 amide bonds. The molecule has 2 aromatic carbocycles. The van der Waals surface area contributed by atoms with E-state index in [4.69, 9.17) is 11.6 Å². The van der Waals surface area contributed by atoms with E-state index in [1.807, 2.05) is 11.8 Å².